The Morgan fingerprint density at radius 3 is 2.78 bits per heavy atom. The van der Waals surface area contributed by atoms with Gasteiger partial charge < -0.3 is 4.90 Å². The van der Waals surface area contributed by atoms with Crippen LogP contribution in [-0.2, 0) is 19.1 Å². The Kier molecular flexibility index (Phi) is 5.24. The molecular weight excluding hydrogens is 351 g/mol. The molecule has 3 rings (SSSR count). The van der Waals surface area contributed by atoms with Crippen LogP contribution in [0.4, 0.5) is 13.2 Å². The third-order valence-electron chi connectivity index (χ3n) is 4.54. The van der Waals surface area contributed by atoms with Gasteiger partial charge >= 0.3 is 6.18 Å². The molecule has 0 unspecified atom stereocenters. The van der Waals surface area contributed by atoms with Gasteiger partial charge in [0.15, 0.2) is 0 Å². The van der Waals surface area contributed by atoms with Crippen molar-refractivity contribution in [3.05, 3.63) is 59.3 Å². The third-order valence-corrected chi connectivity index (χ3v) is 4.54. The molecular formula is C21H20F3N3. The molecule has 0 fully saturated rings. The molecule has 0 spiro atoms. The van der Waals surface area contributed by atoms with E-state index >= 15 is 0 Å². The van der Waals surface area contributed by atoms with E-state index in [9.17, 15) is 13.2 Å². The van der Waals surface area contributed by atoms with Gasteiger partial charge in [0.25, 0.3) is 0 Å². The predicted molar refractivity (Wildman–Crippen MR) is 103 cm³/mol. The lowest BCUT2D eigenvalue weighted by Gasteiger charge is -2.23. The summed E-state index contributed by atoms with van der Waals surface area (Å²) < 4.78 is 41.4. The average Bonchev–Trinajstić information content (AvgIpc) is 2.92. The minimum Gasteiger partial charge on any atom is -0.302 e. The van der Waals surface area contributed by atoms with Crippen molar-refractivity contribution in [2.45, 2.75) is 19.1 Å². The molecule has 27 heavy (non-hydrogen) atoms. The van der Waals surface area contributed by atoms with Crippen molar-refractivity contribution in [3.8, 4) is 12.0 Å². The van der Waals surface area contributed by atoms with E-state index in [1.165, 1.54) is 12.1 Å². The number of hydrogen-bond donors (Lipinski definition) is 0. The smallest absolute Gasteiger partial charge is 0.302 e. The number of fused-ring (bicyclic) bond motifs is 3. The van der Waals surface area contributed by atoms with Crippen LogP contribution in [0.2, 0.25) is 0 Å². The molecule has 0 bridgehead atoms. The second-order valence-corrected chi connectivity index (χ2v) is 6.46. The first kappa shape index (κ1) is 19.0. The highest BCUT2D eigenvalue weighted by Gasteiger charge is 2.32. The first-order chi connectivity index (χ1) is 12.8. The van der Waals surface area contributed by atoms with Crippen molar-refractivity contribution in [1.29, 1.82) is 0 Å². The molecule has 1 aliphatic rings. The monoisotopic (exact) mass is 371 g/mol. The molecule has 0 amide bonds. The number of halogens is 3. The minimum atomic E-state index is -4.37. The summed E-state index contributed by atoms with van der Waals surface area (Å²) in [5.41, 5.74) is 2.63. The molecule has 0 N–H and O–H groups in total. The van der Waals surface area contributed by atoms with E-state index in [0.29, 0.717) is 23.0 Å². The van der Waals surface area contributed by atoms with Gasteiger partial charge in [-0.25, -0.2) is 0 Å². The van der Waals surface area contributed by atoms with Crippen molar-refractivity contribution in [2.24, 2.45) is 4.99 Å². The maximum Gasteiger partial charge on any atom is 0.416 e. The van der Waals surface area contributed by atoms with E-state index in [1.807, 2.05) is 11.6 Å². The molecule has 140 valence electrons. The van der Waals surface area contributed by atoms with E-state index < -0.39 is 11.7 Å². The SMILES string of the molecule is C=C/C=C(/C#Cn1c2c(c3cc(C(F)(F)F)ccc31)CN(C)CC2)C=NC. The Morgan fingerprint density at radius 2 is 2.11 bits per heavy atom. The lowest BCUT2D eigenvalue weighted by atomic mass is 10.0. The van der Waals surface area contributed by atoms with Crippen LogP contribution < -0.4 is 0 Å². The van der Waals surface area contributed by atoms with Gasteiger partial charge in [-0.05, 0) is 42.8 Å². The van der Waals surface area contributed by atoms with Crippen LogP contribution in [0, 0.1) is 12.0 Å². The molecule has 0 aliphatic carbocycles. The zero-order chi connectivity index (χ0) is 19.6. The fourth-order valence-corrected chi connectivity index (χ4v) is 3.30. The zero-order valence-electron chi connectivity index (χ0n) is 15.3. The van der Waals surface area contributed by atoms with Crippen molar-refractivity contribution in [1.82, 2.24) is 9.47 Å². The van der Waals surface area contributed by atoms with Crippen LogP contribution in [0.15, 0.2) is 47.5 Å². The maximum absolute atomic E-state index is 13.2. The summed E-state index contributed by atoms with van der Waals surface area (Å²) in [4.78, 5) is 6.07. The summed E-state index contributed by atoms with van der Waals surface area (Å²) in [5, 5.41) is 0.610. The lowest BCUT2D eigenvalue weighted by molar-refractivity contribution is -0.137. The second-order valence-electron chi connectivity index (χ2n) is 6.46. The molecule has 1 aromatic carbocycles. The molecule has 0 atom stereocenters. The zero-order valence-corrected chi connectivity index (χ0v) is 15.3. The van der Waals surface area contributed by atoms with Crippen LogP contribution in [0.3, 0.4) is 0 Å². The Morgan fingerprint density at radius 1 is 1.33 bits per heavy atom. The molecule has 6 heteroatoms. The van der Waals surface area contributed by atoms with Crippen LogP contribution in [0.25, 0.3) is 10.9 Å². The Hall–Kier alpha value is -2.78. The van der Waals surface area contributed by atoms with E-state index in [-0.39, 0.29) is 0 Å². The van der Waals surface area contributed by atoms with Crippen molar-refractivity contribution in [3.63, 3.8) is 0 Å². The number of alkyl halides is 3. The molecule has 1 aliphatic heterocycles. The lowest BCUT2D eigenvalue weighted by Crippen LogP contribution is -2.27. The first-order valence-corrected chi connectivity index (χ1v) is 8.54. The normalized spacial score (nSPS) is 15.7. The summed E-state index contributed by atoms with van der Waals surface area (Å²) in [5.74, 6) is 3.04. The number of likely N-dealkylation sites (N-methyl/N-ethyl adjacent to an activating group) is 1. The number of hydrogen-bond acceptors (Lipinski definition) is 2. The molecule has 2 aromatic rings. The first-order valence-electron chi connectivity index (χ1n) is 8.54. The minimum absolute atomic E-state index is 0.605. The molecule has 1 aromatic heterocycles. The molecule has 0 saturated heterocycles. The standard InChI is InChI=1S/C21H20F3N3/c1-4-5-15(13-25-2)8-11-27-19-7-6-16(21(22,23)24)12-17(19)18-14-26(3)10-9-20(18)27/h4-7,12-13H,1,9-10,14H2,2-3H3/b15-5-,25-13?. The van der Waals surface area contributed by atoms with Crippen LogP contribution in [0.5, 0.6) is 0 Å². The highest BCUT2D eigenvalue weighted by Crippen LogP contribution is 2.35. The largest absolute Gasteiger partial charge is 0.416 e. The quantitative estimate of drug-likeness (QED) is 0.439. The van der Waals surface area contributed by atoms with Gasteiger partial charge in [-0.3, -0.25) is 9.56 Å². The number of rotatable bonds is 2. The van der Waals surface area contributed by atoms with Gasteiger partial charge in [0.2, 0.25) is 0 Å². The fourth-order valence-electron chi connectivity index (χ4n) is 3.30. The van der Waals surface area contributed by atoms with Gasteiger partial charge in [-0.15, -0.1) is 0 Å². The Bertz CT molecular complexity index is 998. The third kappa shape index (κ3) is 3.83. The number of aliphatic imine (C=N–C) groups is 1. The Balaban J connectivity index is 2.22. The fraction of sp³-hybridized carbons (Fsp3) is 0.286. The number of allylic oxidation sites excluding steroid dienone is 3. The summed E-state index contributed by atoms with van der Waals surface area (Å²) in [6.45, 7) is 5.11. The summed E-state index contributed by atoms with van der Waals surface area (Å²) in [7, 11) is 3.62. The molecule has 2 heterocycles. The van der Waals surface area contributed by atoms with Gasteiger partial charge in [0, 0.05) is 55.5 Å². The van der Waals surface area contributed by atoms with Gasteiger partial charge in [0.05, 0.1) is 11.1 Å². The topological polar surface area (TPSA) is 20.5 Å². The average molecular weight is 371 g/mol. The summed E-state index contributed by atoms with van der Waals surface area (Å²) in [6, 6.07) is 6.96. The van der Waals surface area contributed by atoms with Crippen LogP contribution in [0.1, 0.15) is 16.8 Å². The van der Waals surface area contributed by atoms with Gasteiger partial charge in [-0.1, -0.05) is 12.7 Å². The van der Waals surface area contributed by atoms with Crippen LogP contribution in [-0.4, -0.2) is 36.3 Å². The molecule has 0 saturated carbocycles. The number of nitrogens with zero attached hydrogens (tertiary/aromatic N) is 3. The van der Waals surface area contributed by atoms with Crippen molar-refractivity contribution < 1.29 is 13.2 Å². The second kappa shape index (κ2) is 7.45. The maximum atomic E-state index is 13.2. The molecule has 3 nitrogen and oxygen atoms in total. The highest BCUT2D eigenvalue weighted by molar-refractivity contribution is 5.88. The van der Waals surface area contributed by atoms with E-state index in [2.05, 4.69) is 28.4 Å². The number of aromatic nitrogens is 1. The van der Waals surface area contributed by atoms with Crippen molar-refractivity contribution >= 4 is 17.1 Å². The van der Waals surface area contributed by atoms with E-state index in [4.69, 9.17) is 0 Å². The Labute approximate surface area is 156 Å². The number of benzene rings is 1. The summed E-state index contributed by atoms with van der Waals surface area (Å²) >= 11 is 0. The van der Waals surface area contributed by atoms with Gasteiger partial charge in [-0.2, -0.15) is 13.2 Å². The van der Waals surface area contributed by atoms with Gasteiger partial charge in [0.1, 0.15) is 0 Å². The summed E-state index contributed by atoms with van der Waals surface area (Å²) in [6.07, 6.45) is 1.36. The van der Waals surface area contributed by atoms with Crippen LogP contribution >= 0.6 is 0 Å². The van der Waals surface area contributed by atoms with E-state index in [0.717, 1.165) is 30.3 Å². The predicted octanol–water partition coefficient (Wildman–Crippen LogP) is 4.27. The highest BCUT2D eigenvalue weighted by atomic mass is 19.4. The van der Waals surface area contributed by atoms with E-state index in [1.54, 1.807) is 25.4 Å². The van der Waals surface area contributed by atoms with Crippen molar-refractivity contribution in [2.75, 3.05) is 20.6 Å². The molecule has 0 radical (unpaired) electrons.